The number of rotatable bonds is 6. The molecule has 1 aliphatic heterocycles. The second-order valence-corrected chi connectivity index (χ2v) is 8.91. The van der Waals surface area contributed by atoms with E-state index in [9.17, 15) is 14.4 Å². The Kier molecular flexibility index (Phi) is 6.62. The first-order valence-corrected chi connectivity index (χ1v) is 11.5. The Hall–Kier alpha value is -3.10. The van der Waals surface area contributed by atoms with Gasteiger partial charge in [0.2, 0.25) is 11.8 Å². The summed E-state index contributed by atoms with van der Waals surface area (Å²) in [5, 5.41) is 6.34. The van der Waals surface area contributed by atoms with Gasteiger partial charge in [-0.15, -0.1) is 0 Å². The highest BCUT2D eigenvalue weighted by Gasteiger charge is 2.35. The SMILES string of the molecule is Cc1c(Cl)cccc1NC(=O)[C@@H]1CC(=O)Nc2nc(SCCc3ccccc3)[nH]c(=O)c21. The lowest BCUT2D eigenvalue weighted by atomic mass is 9.92. The van der Waals surface area contributed by atoms with E-state index >= 15 is 0 Å². The third kappa shape index (κ3) is 4.87. The Morgan fingerprint density at radius 1 is 1.19 bits per heavy atom. The number of thioether (sulfide) groups is 1. The van der Waals surface area contributed by atoms with E-state index < -0.39 is 17.4 Å². The Morgan fingerprint density at radius 3 is 2.75 bits per heavy atom. The number of benzene rings is 2. The van der Waals surface area contributed by atoms with Crippen molar-refractivity contribution in [3.8, 4) is 0 Å². The van der Waals surface area contributed by atoms with E-state index in [-0.39, 0.29) is 23.7 Å². The molecule has 32 heavy (non-hydrogen) atoms. The normalized spacial score (nSPS) is 15.1. The van der Waals surface area contributed by atoms with Crippen LogP contribution in [0.15, 0.2) is 58.5 Å². The molecule has 9 heteroatoms. The number of amides is 2. The van der Waals surface area contributed by atoms with Crippen molar-refractivity contribution in [2.75, 3.05) is 16.4 Å². The maximum absolute atomic E-state index is 13.0. The van der Waals surface area contributed by atoms with Crippen molar-refractivity contribution >= 4 is 46.7 Å². The number of anilines is 2. The van der Waals surface area contributed by atoms with Gasteiger partial charge in [-0.05, 0) is 36.6 Å². The fourth-order valence-electron chi connectivity index (χ4n) is 3.52. The number of nitrogens with zero attached hydrogens (tertiary/aromatic N) is 1. The Bertz CT molecular complexity index is 1230. The average molecular weight is 469 g/mol. The molecule has 4 rings (SSSR count). The van der Waals surface area contributed by atoms with E-state index in [0.29, 0.717) is 27.2 Å². The number of carbonyl (C=O) groups excluding carboxylic acids is 2. The van der Waals surface area contributed by atoms with Crippen LogP contribution in [0, 0.1) is 6.92 Å². The number of nitrogens with one attached hydrogen (secondary N) is 3. The van der Waals surface area contributed by atoms with Gasteiger partial charge in [-0.25, -0.2) is 4.98 Å². The molecule has 0 bridgehead atoms. The number of hydrogen-bond donors (Lipinski definition) is 3. The fourth-order valence-corrected chi connectivity index (χ4v) is 4.54. The molecule has 2 amide bonds. The molecule has 0 spiro atoms. The van der Waals surface area contributed by atoms with Crippen molar-refractivity contribution in [2.45, 2.75) is 30.8 Å². The first-order chi connectivity index (χ1) is 15.4. The highest BCUT2D eigenvalue weighted by atomic mass is 35.5. The molecule has 0 saturated heterocycles. The van der Waals surface area contributed by atoms with E-state index in [0.717, 1.165) is 6.42 Å². The topological polar surface area (TPSA) is 104 Å². The van der Waals surface area contributed by atoms with Crippen molar-refractivity contribution in [2.24, 2.45) is 0 Å². The van der Waals surface area contributed by atoms with Crippen LogP contribution in [0.5, 0.6) is 0 Å². The van der Waals surface area contributed by atoms with Crippen LogP contribution in [0.3, 0.4) is 0 Å². The van der Waals surface area contributed by atoms with Crippen LogP contribution in [0.25, 0.3) is 0 Å². The number of aromatic amines is 1. The molecular formula is C23H21ClN4O3S. The van der Waals surface area contributed by atoms with E-state index in [4.69, 9.17) is 11.6 Å². The summed E-state index contributed by atoms with van der Waals surface area (Å²) in [6.07, 6.45) is 0.673. The van der Waals surface area contributed by atoms with Gasteiger partial charge in [0.05, 0.1) is 11.5 Å². The number of fused-ring (bicyclic) bond motifs is 1. The maximum Gasteiger partial charge on any atom is 0.257 e. The van der Waals surface area contributed by atoms with Crippen LogP contribution < -0.4 is 16.2 Å². The summed E-state index contributed by atoms with van der Waals surface area (Å²) in [5.41, 5.74) is 2.16. The van der Waals surface area contributed by atoms with Gasteiger partial charge in [0.15, 0.2) is 5.16 Å². The zero-order valence-electron chi connectivity index (χ0n) is 17.3. The molecular weight excluding hydrogens is 448 g/mol. The summed E-state index contributed by atoms with van der Waals surface area (Å²) in [6.45, 7) is 1.78. The molecule has 0 radical (unpaired) electrons. The monoisotopic (exact) mass is 468 g/mol. The number of carbonyl (C=O) groups is 2. The van der Waals surface area contributed by atoms with Crippen LogP contribution in [0.4, 0.5) is 11.5 Å². The van der Waals surface area contributed by atoms with Crippen molar-refractivity contribution < 1.29 is 9.59 Å². The van der Waals surface area contributed by atoms with Crippen molar-refractivity contribution in [3.05, 3.63) is 80.6 Å². The minimum Gasteiger partial charge on any atom is -0.325 e. The standard InChI is InChI=1S/C23H21ClN4O3S/c1-13-16(24)8-5-9-17(13)25-21(30)15-12-18(29)26-20-19(15)22(31)28-23(27-20)32-11-10-14-6-3-2-4-7-14/h2-9,15H,10-12H2,1H3,(H,25,30)(H2,26,27,28,29,31)/t15-/m1/s1. The van der Waals surface area contributed by atoms with Crippen molar-refractivity contribution in [1.82, 2.24) is 9.97 Å². The van der Waals surface area contributed by atoms with Crippen molar-refractivity contribution in [3.63, 3.8) is 0 Å². The number of hydrogen-bond acceptors (Lipinski definition) is 5. The molecule has 0 fully saturated rings. The fraction of sp³-hybridized carbons (Fsp3) is 0.217. The van der Waals surface area contributed by atoms with Crippen LogP contribution in [-0.4, -0.2) is 27.5 Å². The molecule has 164 valence electrons. The summed E-state index contributed by atoms with van der Waals surface area (Å²) in [6, 6.07) is 15.2. The second-order valence-electron chi connectivity index (χ2n) is 7.42. The van der Waals surface area contributed by atoms with Gasteiger partial charge < -0.3 is 15.6 Å². The first-order valence-electron chi connectivity index (χ1n) is 10.1. The van der Waals surface area contributed by atoms with E-state index in [1.807, 2.05) is 30.3 Å². The summed E-state index contributed by atoms with van der Waals surface area (Å²) >= 11 is 7.51. The van der Waals surface area contributed by atoms with E-state index in [2.05, 4.69) is 20.6 Å². The van der Waals surface area contributed by atoms with Crippen LogP contribution in [0.2, 0.25) is 5.02 Å². The predicted molar refractivity (Wildman–Crippen MR) is 127 cm³/mol. The average Bonchev–Trinajstić information content (AvgIpc) is 2.77. The number of halogens is 1. The summed E-state index contributed by atoms with van der Waals surface area (Å²) in [7, 11) is 0. The highest BCUT2D eigenvalue weighted by Crippen LogP contribution is 2.31. The first kappa shape index (κ1) is 22.1. The van der Waals surface area contributed by atoms with Crippen LogP contribution in [-0.2, 0) is 16.0 Å². The van der Waals surface area contributed by atoms with Gasteiger partial charge in [0.25, 0.3) is 5.56 Å². The lowest BCUT2D eigenvalue weighted by Gasteiger charge is -2.24. The maximum atomic E-state index is 13.0. The summed E-state index contributed by atoms with van der Waals surface area (Å²) in [5.74, 6) is -0.925. The summed E-state index contributed by atoms with van der Waals surface area (Å²) in [4.78, 5) is 45.3. The van der Waals surface area contributed by atoms with Gasteiger partial charge in [-0.2, -0.15) is 0 Å². The molecule has 7 nitrogen and oxygen atoms in total. The minimum absolute atomic E-state index is 0.134. The lowest BCUT2D eigenvalue weighted by Crippen LogP contribution is -2.36. The number of H-pyrrole nitrogens is 1. The highest BCUT2D eigenvalue weighted by molar-refractivity contribution is 7.99. The van der Waals surface area contributed by atoms with E-state index in [1.54, 1.807) is 25.1 Å². The van der Waals surface area contributed by atoms with Crippen molar-refractivity contribution in [1.29, 1.82) is 0 Å². The molecule has 0 aliphatic carbocycles. The minimum atomic E-state index is -0.947. The molecule has 3 aromatic rings. The van der Waals surface area contributed by atoms with Gasteiger partial charge in [0.1, 0.15) is 5.82 Å². The molecule has 1 aliphatic rings. The van der Waals surface area contributed by atoms with E-state index in [1.165, 1.54) is 17.3 Å². The lowest BCUT2D eigenvalue weighted by molar-refractivity contribution is -0.123. The molecule has 3 N–H and O–H groups in total. The third-order valence-electron chi connectivity index (χ3n) is 5.24. The number of aromatic nitrogens is 2. The summed E-state index contributed by atoms with van der Waals surface area (Å²) < 4.78 is 0. The Labute approximate surface area is 194 Å². The quantitative estimate of drug-likeness (QED) is 0.372. The molecule has 2 aromatic carbocycles. The predicted octanol–water partition coefficient (Wildman–Crippen LogP) is 4.13. The molecule has 0 saturated carbocycles. The molecule has 1 aromatic heterocycles. The van der Waals surface area contributed by atoms with Gasteiger partial charge in [-0.1, -0.05) is 59.8 Å². The van der Waals surface area contributed by atoms with Crippen LogP contribution >= 0.6 is 23.4 Å². The Morgan fingerprint density at radius 2 is 1.97 bits per heavy atom. The number of aryl methyl sites for hydroxylation is 1. The molecule has 1 atom stereocenters. The van der Waals surface area contributed by atoms with Gasteiger partial charge in [-0.3, -0.25) is 14.4 Å². The largest absolute Gasteiger partial charge is 0.325 e. The van der Waals surface area contributed by atoms with Gasteiger partial charge >= 0.3 is 0 Å². The van der Waals surface area contributed by atoms with Crippen LogP contribution in [0.1, 0.15) is 29.0 Å². The molecule has 0 unspecified atom stereocenters. The Balaban J connectivity index is 1.54. The zero-order chi connectivity index (χ0) is 22.7. The van der Waals surface area contributed by atoms with Gasteiger partial charge in [0, 0.05) is 22.9 Å². The zero-order valence-corrected chi connectivity index (χ0v) is 18.8. The smallest absolute Gasteiger partial charge is 0.257 e. The second kappa shape index (κ2) is 9.58. The molecule has 2 heterocycles. The third-order valence-corrected chi connectivity index (χ3v) is 6.53.